The highest BCUT2D eigenvalue weighted by Crippen LogP contribution is 2.17. The number of carbonyl (C=O) groups is 1. The maximum Gasteiger partial charge on any atom is 0.374 e. The van der Waals surface area contributed by atoms with Gasteiger partial charge >= 0.3 is 11.7 Å². The Kier molecular flexibility index (Phi) is 3.92. The van der Waals surface area contributed by atoms with E-state index < -0.39 is 5.69 Å². The van der Waals surface area contributed by atoms with Crippen molar-refractivity contribution in [1.29, 1.82) is 0 Å². The second-order valence-corrected chi connectivity index (χ2v) is 5.21. The van der Waals surface area contributed by atoms with Crippen LogP contribution < -0.4 is 15.9 Å². The Labute approximate surface area is 112 Å². The number of hydrogen-bond acceptors (Lipinski definition) is 4. The molecule has 7 heteroatoms. The Balaban J connectivity index is 2.17. The summed E-state index contributed by atoms with van der Waals surface area (Å²) in [5, 5.41) is 2.91. The van der Waals surface area contributed by atoms with Crippen molar-refractivity contribution in [3.05, 3.63) is 10.5 Å². The van der Waals surface area contributed by atoms with Crippen LogP contribution in [0.4, 0.5) is 10.7 Å². The van der Waals surface area contributed by atoms with Crippen LogP contribution in [0.1, 0.15) is 32.1 Å². The molecule has 106 valence electrons. The summed E-state index contributed by atoms with van der Waals surface area (Å²) in [7, 11) is 5.22. The van der Waals surface area contributed by atoms with Crippen molar-refractivity contribution in [2.75, 3.05) is 19.0 Å². The number of nitrogens with zero attached hydrogens (tertiary/aromatic N) is 4. The molecule has 0 bridgehead atoms. The lowest BCUT2D eigenvalue weighted by atomic mass is 9.96. The summed E-state index contributed by atoms with van der Waals surface area (Å²) in [6, 6.07) is -0.217. The molecule has 0 aliphatic heterocycles. The first-order valence-corrected chi connectivity index (χ1v) is 6.65. The maximum absolute atomic E-state index is 12.2. The van der Waals surface area contributed by atoms with E-state index in [4.69, 9.17) is 0 Å². The van der Waals surface area contributed by atoms with Crippen molar-refractivity contribution in [1.82, 2.24) is 19.7 Å². The minimum atomic E-state index is -0.542. The first kappa shape index (κ1) is 13.6. The van der Waals surface area contributed by atoms with E-state index in [1.807, 2.05) is 0 Å². The summed E-state index contributed by atoms with van der Waals surface area (Å²) in [5.41, 5.74) is -0.542. The van der Waals surface area contributed by atoms with Gasteiger partial charge in [-0.3, -0.25) is 0 Å². The van der Waals surface area contributed by atoms with Crippen LogP contribution in [0.3, 0.4) is 0 Å². The Morgan fingerprint density at radius 1 is 1.32 bits per heavy atom. The normalized spacial score (nSPS) is 16.4. The molecule has 0 radical (unpaired) electrons. The zero-order chi connectivity index (χ0) is 14.0. The van der Waals surface area contributed by atoms with Crippen LogP contribution in [-0.2, 0) is 7.05 Å². The molecular weight excluding hydrogens is 246 g/mol. The van der Waals surface area contributed by atoms with Crippen LogP contribution in [0.2, 0.25) is 0 Å². The van der Waals surface area contributed by atoms with E-state index in [2.05, 4.69) is 10.3 Å². The number of anilines is 1. The molecule has 1 aromatic rings. The van der Waals surface area contributed by atoms with Gasteiger partial charge < -0.3 is 10.2 Å². The SMILES string of the molecule is CN(C)c1nc(=O)n(C(=O)NC2CCCCC2)n1C. The van der Waals surface area contributed by atoms with Gasteiger partial charge in [0.15, 0.2) is 0 Å². The van der Waals surface area contributed by atoms with Gasteiger partial charge in [0.25, 0.3) is 0 Å². The van der Waals surface area contributed by atoms with Gasteiger partial charge in [-0.2, -0.15) is 4.98 Å². The second-order valence-electron chi connectivity index (χ2n) is 5.21. The van der Waals surface area contributed by atoms with Crippen LogP contribution in [0, 0.1) is 0 Å². The average molecular weight is 267 g/mol. The zero-order valence-corrected chi connectivity index (χ0v) is 11.7. The van der Waals surface area contributed by atoms with E-state index in [0.29, 0.717) is 5.95 Å². The van der Waals surface area contributed by atoms with E-state index in [1.165, 1.54) is 11.1 Å². The molecule has 1 aromatic heterocycles. The van der Waals surface area contributed by atoms with Crippen LogP contribution in [-0.4, -0.2) is 40.5 Å². The molecule has 0 atom stereocenters. The molecule has 7 nitrogen and oxygen atoms in total. The van der Waals surface area contributed by atoms with E-state index in [9.17, 15) is 9.59 Å². The fourth-order valence-corrected chi connectivity index (χ4v) is 2.52. The number of hydrogen-bond donors (Lipinski definition) is 1. The van der Waals surface area contributed by atoms with Gasteiger partial charge in [-0.15, -0.1) is 4.68 Å². The first-order chi connectivity index (χ1) is 9.00. The summed E-state index contributed by atoms with van der Waals surface area (Å²) in [6.45, 7) is 0. The molecule has 0 unspecified atom stereocenters. The fourth-order valence-electron chi connectivity index (χ4n) is 2.52. The standard InChI is InChI=1S/C12H21N5O2/c1-15(2)10-14-12(19)17(16(10)3)11(18)13-9-7-5-4-6-8-9/h9H,4-8H2,1-3H3,(H,13,18). The van der Waals surface area contributed by atoms with Crippen LogP contribution in [0.25, 0.3) is 0 Å². The molecule has 1 fully saturated rings. The minimum Gasteiger partial charge on any atom is -0.347 e. The Hall–Kier alpha value is -1.79. The van der Waals surface area contributed by atoms with Crippen LogP contribution in [0.5, 0.6) is 0 Å². The topological polar surface area (TPSA) is 72.2 Å². The highest BCUT2D eigenvalue weighted by atomic mass is 16.2. The molecule has 1 N–H and O–H groups in total. The lowest BCUT2D eigenvalue weighted by molar-refractivity contribution is 0.227. The average Bonchev–Trinajstić information content (AvgIpc) is 2.66. The monoisotopic (exact) mass is 267 g/mol. The Morgan fingerprint density at radius 3 is 2.47 bits per heavy atom. The number of aromatic nitrogens is 3. The molecule has 1 amide bonds. The second kappa shape index (κ2) is 5.46. The Morgan fingerprint density at radius 2 is 1.95 bits per heavy atom. The lowest BCUT2D eigenvalue weighted by Crippen LogP contribution is -2.44. The Bertz CT molecular complexity index is 511. The third-order valence-corrected chi connectivity index (χ3v) is 3.49. The van der Waals surface area contributed by atoms with Gasteiger partial charge in [-0.05, 0) is 12.8 Å². The van der Waals surface area contributed by atoms with Crippen LogP contribution in [0.15, 0.2) is 4.79 Å². The third-order valence-electron chi connectivity index (χ3n) is 3.49. The van der Waals surface area contributed by atoms with E-state index >= 15 is 0 Å². The summed E-state index contributed by atoms with van der Waals surface area (Å²) < 4.78 is 2.52. The predicted octanol–water partition coefficient (Wildman–Crippen LogP) is 0.538. The summed E-state index contributed by atoms with van der Waals surface area (Å²) in [6.07, 6.45) is 5.46. The molecule has 1 saturated carbocycles. The number of amides is 1. The molecule has 0 saturated heterocycles. The largest absolute Gasteiger partial charge is 0.374 e. The van der Waals surface area contributed by atoms with Crippen molar-refractivity contribution < 1.29 is 4.79 Å². The molecule has 1 aliphatic rings. The molecule has 0 spiro atoms. The molecule has 2 rings (SSSR count). The highest BCUT2D eigenvalue weighted by molar-refractivity contribution is 5.76. The minimum absolute atomic E-state index is 0.172. The number of carbonyl (C=O) groups excluding carboxylic acids is 1. The van der Waals surface area contributed by atoms with E-state index in [1.54, 1.807) is 26.0 Å². The van der Waals surface area contributed by atoms with Gasteiger partial charge in [0.2, 0.25) is 5.95 Å². The molecule has 1 aliphatic carbocycles. The fraction of sp³-hybridized carbons (Fsp3) is 0.750. The van der Waals surface area contributed by atoms with Gasteiger partial charge in [0.1, 0.15) is 0 Å². The summed E-state index contributed by atoms with van der Waals surface area (Å²) in [5.74, 6) is 0.462. The van der Waals surface area contributed by atoms with Gasteiger partial charge in [-0.25, -0.2) is 14.3 Å². The lowest BCUT2D eigenvalue weighted by Gasteiger charge is -2.23. The van der Waals surface area contributed by atoms with Crippen molar-refractivity contribution in [3.63, 3.8) is 0 Å². The van der Waals surface area contributed by atoms with Crippen molar-refractivity contribution in [2.24, 2.45) is 7.05 Å². The number of rotatable bonds is 2. The van der Waals surface area contributed by atoms with Crippen molar-refractivity contribution in [2.45, 2.75) is 38.1 Å². The molecule has 1 heterocycles. The smallest absolute Gasteiger partial charge is 0.347 e. The molecular formula is C12H21N5O2. The zero-order valence-electron chi connectivity index (χ0n) is 11.7. The van der Waals surface area contributed by atoms with Crippen LogP contribution >= 0.6 is 0 Å². The number of nitrogens with one attached hydrogen (secondary N) is 1. The summed E-state index contributed by atoms with van der Waals surface area (Å²) >= 11 is 0. The molecule has 19 heavy (non-hydrogen) atoms. The third kappa shape index (κ3) is 2.80. The maximum atomic E-state index is 12.2. The van der Waals surface area contributed by atoms with Gasteiger partial charge in [0.05, 0.1) is 0 Å². The quantitative estimate of drug-likeness (QED) is 0.849. The highest BCUT2D eigenvalue weighted by Gasteiger charge is 2.21. The van der Waals surface area contributed by atoms with Gasteiger partial charge in [0, 0.05) is 27.2 Å². The summed E-state index contributed by atoms with van der Waals surface area (Å²) in [4.78, 5) is 29.5. The van der Waals surface area contributed by atoms with E-state index in [0.717, 1.165) is 30.4 Å². The van der Waals surface area contributed by atoms with E-state index in [-0.39, 0.29) is 12.1 Å². The first-order valence-electron chi connectivity index (χ1n) is 6.65. The van der Waals surface area contributed by atoms with Crippen molar-refractivity contribution >= 4 is 12.0 Å². The van der Waals surface area contributed by atoms with Crippen molar-refractivity contribution in [3.8, 4) is 0 Å². The molecule has 0 aromatic carbocycles. The van der Waals surface area contributed by atoms with Gasteiger partial charge in [-0.1, -0.05) is 19.3 Å². The predicted molar refractivity (Wildman–Crippen MR) is 72.6 cm³/mol.